The van der Waals surface area contributed by atoms with Gasteiger partial charge in [-0.2, -0.15) is 5.10 Å². The standard InChI is InChI=1S/C11H12FN3S/c1-3-15-10(13-14-11(15)16)9-5-4-8(12)6-7(9)2/h4-6H,3H2,1-2H3,(H,14,16). The molecule has 3 nitrogen and oxygen atoms in total. The highest BCUT2D eigenvalue weighted by atomic mass is 32.1. The zero-order chi connectivity index (χ0) is 11.7. The van der Waals surface area contributed by atoms with Gasteiger partial charge in [0.05, 0.1) is 0 Å². The first kappa shape index (κ1) is 11.0. The largest absolute Gasteiger partial charge is 0.300 e. The molecule has 0 aliphatic heterocycles. The van der Waals surface area contributed by atoms with Crippen molar-refractivity contribution < 1.29 is 4.39 Å². The molecular formula is C11H12FN3S. The lowest BCUT2D eigenvalue weighted by Gasteiger charge is -2.06. The Kier molecular flexibility index (Phi) is 2.87. The zero-order valence-electron chi connectivity index (χ0n) is 9.12. The predicted octanol–water partition coefficient (Wildman–Crippen LogP) is 3.08. The molecule has 16 heavy (non-hydrogen) atoms. The molecule has 2 rings (SSSR count). The van der Waals surface area contributed by atoms with Crippen molar-refractivity contribution in [2.24, 2.45) is 0 Å². The van der Waals surface area contributed by atoms with E-state index < -0.39 is 0 Å². The normalized spacial score (nSPS) is 10.7. The molecule has 0 amide bonds. The third kappa shape index (κ3) is 1.78. The van der Waals surface area contributed by atoms with Crippen LogP contribution in [0.2, 0.25) is 0 Å². The quantitative estimate of drug-likeness (QED) is 0.814. The monoisotopic (exact) mass is 237 g/mol. The smallest absolute Gasteiger partial charge is 0.195 e. The molecule has 1 heterocycles. The van der Waals surface area contributed by atoms with Gasteiger partial charge in [0.2, 0.25) is 0 Å². The minimum atomic E-state index is -0.238. The fourth-order valence-corrected chi connectivity index (χ4v) is 1.96. The van der Waals surface area contributed by atoms with Crippen LogP contribution in [0.5, 0.6) is 0 Å². The number of H-pyrrole nitrogens is 1. The maximum absolute atomic E-state index is 13.0. The maximum atomic E-state index is 13.0. The van der Waals surface area contributed by atoms with Crippen LogP contribution in [0.15, 0.2) is 18.2 Å². The molecule has 0 aliphatic rings. The first-order valence-electron chi connectivity index (χ1n) is 5.05. The van der Waals surface area contributed by atoms with Crippen molar-refractivity contribution in [2.45, 2.75) is 20.4 Å². The summed E-state index contributed by atoms with van der Waals surface area (Å²) in [4.78, 5) is 0. The molecule has 1 N–H and O–H groups in total. The average Bonchev–Trinajstić information content (AvgIpc) is 2.59. The van der Waals surface area contributed by atoms with Crippen molar-refractivity contribution >= 4 is 12.2 Å². The van der Waals surface area contributed by atoms with Crippen molar-refractivity contribution in [2.75, 3.05) is 0 Å². The van der Waals surface area contributed by atoms with Crippen LogP contribution in [0.25, 0.3) is 11.4 Å². The number of nitrogens with one attached hydrogen (secondary N) is 1. The Morgan fingerprint density at radius 3 is 2.88 bits per heavy atom. The van der Waals surface area contributed by atoms with Gasteiger partial charge in [0, 0.05) is 12.1 Å². The highest BCUT2D eigenvalue weighted by Gasteiger charge is 2.10. The summed E-state index contributed by atoms with van der Waals surface area (Å²) in [5, 5.41) is 6.92. The number of aromatic amines is 1. The molecule has 5 heteroatoms. The number of benzene rings is 1. The first-order chi connectivity index (χ1) is 7.63. The van der Waals surface area contributed by atoms with Crippen molar-refractivity contribution in [3.05, 3.63) is 34.4 Å². The van der Waals surface area contributed by atoms with Crippen LogP contribution < -0.4 is 0 Å². The lowest BCUT2D eigenvalue weighted by molar-refractivity contribution is 0.626. The topological polar surface area (TPSA) is 33.6 Å². The first-order valence-corrected chi connectivity index (χ1v) is 5.46. The summed E-state index contributed by atoms with van der Waals surface area (Å²) in [5.41, 5.74) is 1.75. The van der Waals surface area contributed by atoms with Gasteiger partial charge in [0.1, 0.15) is 5.82 Å². The third-order valence-corrected chi connectivity index (χ3v) is 2.82. The van der Waals surface area contributed by atoms with Gasteiger partial charge in [0.25, 0.3) is 0 Å². The van der Waals surface area contributed by atoms with Crippen LogP contribution in [0.1, 0.15) is 12.5 Å². The van der Waals surface area contributed by atoms with Gasteiger partial charge in [-0.3, -0.25) is 5.10 Å². The molecule has 1 aromatic heterocycles. The summed E-state index contributed by atoms with van der Waals surface area (Å²) >= 11 is 5.11. The van der Waals surface area contributed by atoms with E-state index in [2.05, 4.69) is 10.2 Å². The Bertz CT molecular complexity index is 571. The van der Waals surface area contributed by atoms with Crippen molar-refractivity contribution in [1.29, 1.82) is 0 Å². The average molecular weight is 237 g/mol. The van der Waals surface area contributed by atoms with Crippen LogP contribution in [-0.4, -0.2) is 14.8 Å². The number of nitrogens with zero attached hydrogens (tertiary/aromatic N) is 2. The molecule has 0 aliphatic carbocycles. The molecule has 84 valence electrons. The second-order valence-corrected chi connectivity index (χ2v) is 3.94. The molecule has 1 aromatic carbocycles. The molecule has 0 spiro atoms. The minimum Gasteiger partial charge on any atom is -0.300 e. The summed E-state index contributed by atoms with van der Waals surface area (Å²) in [6.45, 7) is 4.59. The summed E-state index contributed by atoms with van der Waals surface area (Å²) in [6, 6.07) is 4.65. The Morgan fingerprint density at radius 2 is 2.25 bits per heavy atom. The van der Waals surface area contributed by atoms with E-state index >= 15 is 0 Å². The SMILES string of the molecule is CCn1c(-c2ccc(F)cc2C)n[nH]c1=S. The van der Waals surface area contributed by atoms with E-state index in [1.807, 2.05) is 18.4 Å². The van der Waals surface area contributed by atoms with E-state index in [9.17, 15) is 4.39 Å². The highest BCUT2D eigenvalue weighted by Crippen LogP contribution is 2.22. The van der Waals surface area contributed by atoms with Gasteiger partial charge in [0.15, 0.2) is 10.6 Å². The maximum Gasteiger partial charge on any atom is 0.195 e. The molecule has 0 fully saturated rings. The second-order valence-electron chi connectivity index (χ2n) is 3.56. The number of aryl methyl sites for hydroxylation is 1. The third-order valence-electron chi connectivity index (χ3n) is 2.50. The van der Waals surface area contributed by atoms with E-state index in [1.54, 1.807) is 6.07 Å². The van der Waals surface area contributed by atoms with E-state index in [4.69, 9.17) is 12.2 Å². The van der Waals surface area contributed by atoms with Crippen molar-refractivity contribution in [3.8, 4) is 11.4 Å². The van der Waals surface area contributed by atoms with E-state index in [-0.39, 0.29) is 5.82 Å². The van der Waals surface area contributed by atoms with Gasteiger partial charge in [-0.25, -0.2) is 4.39 Å². The number of hydrogen-bond donors (Lipinski definition) is 1. The summed E-state index contributed by atoms with van der Waals surface area (Å²) < 4.78 is 15.5. The molecule has 0 atom stereocenters. The van der Waals surface area contributed by atoms with E-state index in [0.29, 0.717) is 4.77 Å². The summed E-state index contributed by atoms with van der Waals surface area (Å²) in [7, 11) is 0. The zero-order valence-corrected chi connectivity index (χ0v) is 9.94. The lowest BCUT2D eigenvalue weighted by atomic mass is 10.1. The Balaban J connectivity index is 2.63. The van der Waals surface area contributed by atoms with Crippen LogP contribution >= 0.6 is 12.2 Å². The molecule has 0 saturated carbocycles. The molecule has 0 radical (unpaired) electrons. The summed E-state index contributed by atoms with van der Waals surface area (Å²) in [6.07, 6.45) is 0. The van der Waals surface area contributed by atoms with E-state index in [0.717, 1.165) is 23.5 Å². The van der Waals surface area contributed by atoms with E-state index in [1.165, 1.54) is 12.1 Å². The molecule has 0 bridgehead atoms. The Hall–Kier alpha value is -1.49. The Morgan fingerprint density at radius 1 is 1.50 bits per heavy atom. The molecule has 2 aromatic rings. The molecule has 0 unspecified atom stereocenters. The van der Waals surface area contributed by atoms with Crippen molar-refractivity contribution in [3.63, 3.8) is 0 Å². The van der Waals surface area contributed by atoms with Gasteiger partial charge in [-0.05, 0) is 49.8 Å². The van der Waals surface area contributed by atoms with Gasteiger partial charge in [-0.15, -0.1) is 0 Å². The van der Waals surface area contributed by atoms with Crippen LogP contribution in [0, 0.1) is 17.5 Å². The van der Waals surface area contributed by atoms with Crippen LogP contribution in [0.3, 0.4) is 0 Å². The predicted molar refractivity (Wildman–Crippen MR) is 63.2 cm³/mol. The van der Waals surface area contributed by atoms with Crippen molar-refractivity contribution in [1.82, 2.24) is 14.8 Å². The van der Waals surface area contributed by atoms with Gasteiger partial charge < -0.3 is 4.57 Å². The lowest BCUT2D eigenvalue weighted by Crippen LogP contribution is -1.99. The second kappa shape index (κ2) is 4.17. The Labute approximate surface area is 97.9 Å². The van der Waals surface area contributed by atoms with Crippen LogP contribution in [0.4, 0.5) is 4.39 Å². The molecular weight excluding hydrogens is 225 g/mol. The molecule has 0 saturated heterocycles. The van der Waals surface area contributed by atoms with Gasteiger partial charge in [-0.1, -0.05) is 0 Å². The summed E-state index contributed by atoms with van der Waals surface area (Å²) in [5.74, 6) is 0.517. The number of aromatic nitrogens is 3. The highest BCUT2D eigenvalue weighted by molar-refractivity contribution is 7.71. The number of rotatable bonds is 2. The number of hydrogen-bond acceptors (Lipinski definition) is 2. The van der Waals surface area contributed by atoms with Crippen LogP contribution in [-0.2, 0) is 6.54 Å². The minimum absolute atomic E-state index is 0.238. The van der Waals surface area contributed by atoms with Gasteiger partial charge >= 0.3 is 0 Å². The number of halogens is 1. The fraction of sp³-hybridized carbons (Fsp3) is 0.273. The fourth-order valence-electron chi connectivity index (χ4n) is 1.69.